The minimum Gasteiger partial charge on any atom is -0.171 e. The fourth-order valence-electron chi connectivity index (χ4n) is 0.704. The van der Waals surface area contributed by atoms with Crippen LogP contribution >= 0.6 is 23.4 Å². The summed E-state index contributed by atoms with van der Waals surface area (Å²) in [5, 5.41) is 0. The van der Waals surface area contributed by atoms with Gasteiger partial charge in [0.15, 0.2) is 0 Å². The lowest BCUT2D eigenvalue weighted by atomic mass is 10.3. The summed E-state index contributed by atoms with van der Waals surface area (Å²) in [5.74, 6) is 2.38. The Morgan fingerprint density at radius 1 is 1.38 bits per heavy atom. The van der Waals surface area contributed by atoms with Crippen molar-refractivity contribution in [1.82, 2.24) is 0 Å². The Morgan fingerprint density at radius 3 is 2.46 bits per heavy atom. The van der Waals surface area contributed by atoms with Crippen molar-refractivity contribution in [3.63, 3.8) is 0 Å². The number of halogens is 4. The molecule has 0 saturated carbocycles. The van der Waals surface area contributed by atoms with E-state index < -0.39 is 12.6 Å². The molecule has 0 N–H and O–H groups in total. The van der Waals surface area contributed by atoms with Crippen molar-refractivity contribution in [2.75, 3.05) is 17.4 Å². The number of thioether (sulfide) groups is 1. The molecule has 0 amide bonds. The molecule has 0 aromatic carbocycles. The second-order valence-electron chi connectivity index (χ2n) is 3.05. The van der Waals surface area contributed by atoms with E-state index in [1.807, 2.05) is 6.92 Å². The molecule has 5 heteroatoms. The first-order valence-electron chi connectivity index (χ1n) is 4.16. The van der Waals surface area contributed by atoms with Crippen LogP contribution in [-0.4, -0.2) is 23.6 Å². The van der Waals surface area contributed by atoms with Crippen LogP contribution < -0.4 is 0 Å². The zero-order valence-corrected chi connectivity index (χ0v) is 9.11. The second-order valence-corrected chi connectivity index (χ2v) is 4.51. The summed E-state index contributed by atoms with van der Waals surface area (Å²) < 4.78 is 35.0. The number of alkyl halides is 4. The Balaban J connectivity index is 3.18. The minimum atomic E-state index is -4.00. The largest absolute Gasteiger partial charge is 0.389 e. The average molecular weight is 235 g/mol. The fraction of sp³-hybridized carbons (Fsp3) is 1.00. The predicted octanol–water partition coefficient (Wildman–Crippen LogP) is 3.94. The van der Waals surface area contributed by atoms with Crippen LogP contribution in [0, 0.1) is 5.92 Å². The SMILES string of the molecule is CC(CCl)CSCCCC(F)(F)F. The summed E-state index contributed by atoms with van der Waals surface area (Å²) in [5.41, 5.74) is 0. The van der Waals surface area contributed by atoms with Gasteiger partial charge in [-0.2, -0.15) is 24.9 Å². The molecule has 0 fully saturated rings. The maximum absolute atomic E-state index is 11.7. The summed E-state index contributed by atoms with van der Waals surface area (Å²) in [6.07, 6.45) is -4.46. The summed E-state index contributed by atoms with van der Waals surface area (Å²) in [4.78, 5) is 0. The van der Waals surface area contributed by atoms with Crippen molar-refractivity contribution in [2.24, 2.45) is 5.92 Å². The van der Waals surface area contributed by atoms with Crippen molar-refractivity contribution in [1.29, 1.82) is 0 Å². The van der Waals surface area contributed by atoms with E-state index in [0.29, 0.717) is 17.6 Å². The maximum Gasteiger partial charge on any atom is 0.389 e. The van der Waals surface area contributed by atoms with E-state index in [2.05, 4.69) is 0 Å². The Hall–Kier alpha value is 0.430. The molecule has 0 aromatic rings. The molecule has 1 atom stereocenters. The molecule has 0 rings (SSSR count). The van der Waals surface area contributed by atoms with Gasteiger partial charge in [0.2, 0.25) is 0 Å². The molecule has 0 saturated heterocycles. The van der Waals surface area contributed by atoms with Crippen molar-refractivity contribution < 1.29 is 13.2 Å². The molecular formula is C8H14ClF3S. The van der Waals surface area contributed by atoms with Gasteiger partial charge in [0.25, 0.3) is 0 Å². The van der Waals surface area contributed by atoms with Crippen molar-refractivity contribution in [3.8, 4) is 0 Å². The van der Waals surface area contributed by atoms with Crippen LogP contribution in [0.3, 0.4) is 0 Å². The molecule has 0 nitrogen and oxygen atoms in total. The van der Waals surface area contributed by atoms with Crippen LogP contribution in [0.2, 0.25) is 0 Å². The van der Waals surface area contributed by atoms with Crippen molar-refractivity contribution in [2.45, 2.75) is 25.9 Å². The summed E-state index contributed by atoms with van der Waals surface area (Å²) >= 11 is 7.09. The predicted molar refractivity (Wildman–Crippen MR) is 52.5 cm³/mol. The Bertz CT molecular complexity index is 127. The van der Waals surface area contributed by atoms with E-state index in [1.165, 1.54) is 0 Å². The van der Waals surface area contributed by atoms with Gasteiger partial charge in [-0.25, -0.2) is 0 Å². The van der Waals surface area contributed by atoms with E-state index in [-0.39, 0.29) is 6.42 Å². The third kappa shape index (κ3) is 10.4. The second kappa shape index (κ2) is 6.82. The lowest BCUT2D eigenvalue weighted by molar-refractivity contribution is -0.134. The van der Waals surface area contributed by atoms with Crippen LogP contribution in [0.5, 0.6) is 0 Å². The van der Waals surface area contributed by atoms with Gasteiger partial charge in [0.05, 0.1) is 0 Å². The molecule has 13 heavy (non-hydrogen) atoms. The highest BCUT2D eigenvalue weighted by Crippen LogP contribution is 2.23. The molecule has 0 aliphatic carbocycles. The van der Waals surface area contributed by atoms with E-state index >= 15 is 0 Å². The molecule has 0 aliphatic heterocycles. The summed E-state index contributed by atoms with van der Waals surface area (Å²) in [6.45, 7) is 1.99. The van der Waals surface area contributed by atoms with Gasteiger partial charge in [-0.1, -0.05) is 6.92 Å². The zero-order chi connectivity index (χ0) is 10.3. The molecule has 0 aromatic heterocycles. The smallest absolute Gasteiger partial charge is 0.171 e. The summed E-state index contributed by atoms with van der Waals surface area (Å²) in [6, 6.07) is 0. The van der Waals surface area contributed by atoms with Crippen molar-refractivity contribution in [3.05, 3.63) is 0 Å². The Morgan fingerprint density at radius 2 is 2.00 bits per heavy atom. The highest BCUT2D eigenvalue weighted by Gasteiger charge is 2.25. The number of rotatable bonds is 6. The first kappa shape index (κ1) is 13.4. The van der Waals surface area contributed by atoms with Crippen LogP contribution in [0.4, 0.5) is 13.2 Å². The standard InChI is InChI=1S/C8H14ClF3S/c1-7(5-9)6-13-4-2-3-8(10,11)12/h7H,2-6H2,1H3. The highest BCUT2D eigenvalue weighted by molar-refractivity contribution is 7.99. The van der Waals surface area contributed by atoms with Crippen LogP contribution in [0.1, 0.15) is 19.8 Å². The minimum absolute atomic E-state index is 0.211. The first-order chi connectivity index (χ1) is 5.95. The topological polar surface area (TPSA) is 0 Å². The monoisotopic (exact) mass is 234 g/mol. The molecule has 0 bridgehead atoms. The van der Waals surface area contributed by atoms with Crippen LogP contribution in [0.25, 0.3) is 0 Å². The zero-order valence-electron chi connectivity index (χ0n) is 7.53. The molecular weight excluding hydrogens is 221 g/mol. The third-order valence-corrected chi connectivity index (χ3v) is 3.32. The first-order valence-corrected chi connectivity index (χ1v) is 5.85. The molecule has 0 spiro atoms. The number of hydrogen-bond donors (Lipinski definition) is 0. The molecule has 1 unspecified atom stereocenters. The van der Waals surface area contributed by atoms with Gasteiger partial charge < -0.3 is 0 Å². The Kier molecular flexibility index (Phi) is 7.05. The molecule has 0 radical (unpaired) electrons. The van der Waals surface area contributed by atoms with E-state index in [1.54, 1.807) is 11.8 Å². The third-order valence-electron chi connectivity index (χ3n) is 1.41. The van der Waals surface area contributed by atoms with Crippen molar-refractivity contribution >= 4 is 23.4 Å². The van der Waals surface area contributed by atoms with Gasteiger partial charge in [-0.15, -0.1) is 11.6 Å². The van der Waals surface area contributed by atoms with Crippen LogP contribution in [0.15, 0.2) is 0 Å². The van der Waals surface area contributed by atoms with Gasteiger partial charge in [-0.3, -0.25) is 0 Å². The fourth-order valence-corrected chi connectivity index (χ4v) is 1.98. The van der Waals surface area contributed by atoms with Gasteiger partial charge >= 0.3 is 6.18 Å². The lowest BCUT2D eigenvalue weighted by Crippen LogP contribution is -2.07. The van der Waals surface area contributed by atoms with E-state index in [0.717, 1.165) is 5.75 Å². The molecule has 80 valence electrons. The Labute approximate surface area is 86.2 Å². The van der Waals surface area contributed by atoms with Gasteiger partial charge in [0.1, 0.15) is 0 Å². The highest BCUT2D eigenvalue weighted by atomic mass is 35.5. The normalized spacial score (nSPS) is 14.5. The molecule has 0 aliphatic rings. The van der Waals surface area contributed by atoms with Gasteiger partial charge in [-0.05, 0) is 23.8 Å². The van der Waals surface area contributed by atoms with E-state index in [4.69, 9.17) is 11.6 Å². The summed E-state index contributed by atoms with van der Waals surface area (Å²) in [7, 11) is 0. The maximum atomic E-state index is 11.7. The van der Waals surface area contributed by atoms with Crippen LogP contribution in [-0.2, 0) is 0 Å². The number of hydrogen-bond acceptors (Lipinski definition) is 1. The lowest BCUT2D eigenvalue weighted by Gasteiger charge is -2.07. The average Bonchev–Trinajstić information content (AvgIpc) is 2.01. The van der Waals surface area contributed by atoms with E-state index in [9.17, 15) is 13.2 Å². The molecule has 0 heterocycles. The van der Waals surface area contributed by atoms with Gasteiger partial charge in [0, 0.05) is 12.3 Å². The quantitative estimate of drug-likeness (QED) is 0.496.